The summed E-state index contributed by atoms with van der Waals surface area (Å²) >= 11 is 6.09. The molecule has 25 heavy (non-hydrogen) atoms. The highest BCUT2D eigenvalue weighted by atomic mass is 35.5. The van der Waals surface area contributed by atoms with E-state index in [0.29, 0.717) is 5.56 Å². The molecule has 8 heteroatoms. The maximum Gasteiger partial charge on any atom is 0.332 e. The number of nitrogens with one attached hydrogen (secondary N) is 1. The van der Waals surface area contributed by atoms with E-state index < -0.39 is 17.2 Å². The predicted octanol–water partition coefficient (Wildman–Crippen LogP) is 1.08. The van der Waals surface area contributed by atoms with Gasteiger partial charge in [0.1, 0.15) is 16.6 Å². The van der Waals surface area contributed by atoms with Gasteiger partial charge < -0.3 is 10.4 Å². The van der Waals surface area contributed by atoms with Gasteiger partial charge in [0, 0.05) is 12.6 Å². The molecule has 0 aliphatic rings. The number of phenols is 1. The predicted molar refractivity (Wildman–Crippen MR) is 94.8 cm³/mol. The maximum atomic E-state index is 12.2. The molecule has 0 atom stereocenters. The van der Waals surface area contributed by atoms with Gasteiger partial charge in [0.2, 0.25) is 5.91 Å². The average molecular weight is 360 g/mol. The summed E-state index contributed by atoms with van der Waals surface area (Å²) in [5.41, 5.74) is -1.08. The third-order valence-corrected chi connectivity index (χ3v) is 3.62. The topological polar surface area (TPSA) is 93.3 Å². The summed E-state index contributed by atoms with van der Waals surface area (Å²) in [5, 5.41) is 11.5. The minimum absolute atomic E-state index is 0.0681. The van der Waals surface area contributed by atoms with Crippen LogP contribution in [0, 0.1) is 11.8 Å². The Labute approximate surface area is 147 Å². The Bertz CT molecular complexity index is 1020. The smallest absolute Gasteiger partial charge is 0.332 e. The lowest BCUT2D eigenvalue weighted by Crippen LogP contribution is -2.40. The van der Waals surface area contributed by atoms with E-state index in [0.717, 1.165) is 15.2 Å². The minimum Gasteiger partial charge on any atom is -0.508 e. The van der Waals surface area contributed by atoms with Crippen molar-refractivity contribution < 1.29 is 9.90 Å². The number of rotatable bonds is 3. The van der Waals surface area contributed by atoms with Gasteiger partial charge in [-0.1, -0.05) is 36.1 Å². The summed E-state index contributed by atoms with van der Waals surface area (Å²) in [6.45, 7) is 3.18. The molecule has 0 spiro atoms. The van der Waals surface area contributed by atoms with Gasteiger partial charge in [0.05, 0.1) is 6.54 Å². The van der Waals surface area contributed by atoms with Crippen molar-refractivity contribution in [2.24, 2.45) is 7.05 Å². The number of aromatic hydroxyl groups is 1. The molecule has 0 unspecified atom stereocenters. The molecule has 2 aromatic rings. The van der Waals surface area contributed by atoms with Crippen molar-refractivity contribution in [1.82, 2.24) is 9.13 Å². The van der Waals surface area contributed by atoms with E-state index in [1.54, 1.807) is 12.1 Å². The lowest BCUT2D eigenvalue weighted by atomic mass is 10.2. The van der Waals surface area contributed by atoms with E-state index in [1.165, 1.54) is 19.2 Å². The number of nitrogens with zero attached hydrogens (tertiary/aromatic N) is 2. The lowest BCUT2D eigenvalue weighted by molar-refractivity contribution is -0.111. The third kappa shape index (κ3) is 4.00. The van der Waals surface area contributed by atoms with Crippen molar-refractivity contribution >= 4 is 23.2 Å². The van der Waals surface area contributed by atoms with Crippen molar-refractivity contribution in [3.63, 3.8) is 0 Å². The van der Waals surface area contributed by atoms with Crippen LogP contribution >= 0.6 is 11.6 Å². The van der Waals surface area contributed by atoms with Crippen LogP contribution < -0.4 is 16.6 Å². The summed E-state index contributed by atoms with van der Waals surface area (Å²) in [5.74, 6) is 4.95. The first-order chi connectivity index (χ1) is 11.8. The average Bonchev–Trinajstić information content (AvgIpc) is 2.59. The van der Waals surface area contributed by atoms with Gasteiger partial charge >= 0.3 is 5.69 Å². The molecule has 0 bridgehead atoms. The monoisotopic (exact) mass is 359 g/mol. The standard InChI is InChI=1S/C17H14ClN3O4/c1-3-13(23)19-14-15(18)21(17(25)20(2)16(14)24)9-5-7-11-6-4-8-12(22)10-11/h3-4,6,8,10,22H,1,9H2,2H3,(H,19,23). The van der Waals surface area contributed by atoms with E-state index in [9.17, 15) is 19.5 Å². The van der Waals surface area contributed by atoms with Gasteiger partial charge in [0.25, 0.3) is 5.56 Å². The van der Waals surface area contributed by atoms with Crippen molar-refractivity contribution in [1.29, 1.82) is 0 Å². The van der Waals surface area contributed by atoms with Crippen molar-refractivity contribution in [2.45, 2.75) is 6.54 Å². The Kier molecular flexibility index (Phi) is 5.47. The number of amides is 1. The molecule has 0 fully saturated rings. The van der Waals surface area contributed by atoms with E-state index in [1.807, 2.05) is 0 Å². The summed E-state index contributed by atoms with van der Waals surface area (Å²) in [6.07, 6.45) is 0.979. The number of carbonyl (C=O) groups is 1. The zero-order valence-electron chi connectivity index (χ0n) is 13.2. The summed E-state index contributed by atoms with van der Waals surface area (Å²) < 4.78 is 1.87. The molecule has 128 valence electrons. The zero-order chi connectivity index (χ0) is 18.6. The van der Waals surface area contributed by atoms with Crippen LogP contribution in [0.5, 0.6) is 5.75 Å². The fraction of sp³-hybridized carbons (Fsp3) is 0.118. The summed E-state index contributed by atoms with van der Waals surface area (Å²) in [4.78, 5) is 35.8. The van der Waals surface area contributed by atoms with Gasteiger partial charge in [-0.25, -0.2) is 4.79 Å². The highest BCUT2D eigenvalue weighted by molar-refractivity contribution is 6.32. The van der Waals surface area contributed by atoms with Gasteiger partial charge in [-0.2, -0.15) is 0 Å². The number of aromatic nitrogens is 2. The zero-order valence-corrected chi connectivity index (χ0v) is 14.0. The SMILES string of the molecule is C=CC(=O)Nc1c(Cl)n(CC#Cc2cccc(O)c2)c(=O)n(C)c1=O. The Hall–Kier alpha value is -3.24. The van der Waals surface area contributed by atoms with Gasteiger partial charge in [-0.3, -0.25) is 18.7 Å². The van der Waals surface area contributed by atoms with Gasteiger partial charge in [-0.05, 0) is 24.3 Å². The lowest BCUT2D eigenvalue weighted by Gasteiger charge is -2.11. The van der Waals surface area contributed by atoms with Crippen molar-refractivity contribution in [3.05, 3.63) is 68.5 Å². The van der Waals surface area contributed by atoms with Gasteiger partial charge in [-0.15, -0.1) is 0 Å². The number of benzene rings is 1. The minimum atomic E-state index is -0.734. The Balaban J connectivity index is 2.45. The van der Waals surface area contributed by atoms with Crippen molar-refractivity contribution in [2.75, 3.05) is 5.32 Å². The molecular formula is C17H14ClN3O4. The molecule has 0 saturated heterocycles. The first kappa shape index (κ1) is 18.1. The molecule has 1 amide bonds. The third-order valence-electron chi connectivity index (χ3n) is 3.23. The molecule has 1 aromatic heterocycles. The first-order valence-corrected chi connectivity index (χ1v) is 7.43. The second-order valence-electron chi connectivity index (χ2n) is 4.94. The number of anilines is 1. The van der Waals surface area contributed by atoms with Crippen LogP contribution in [0.15, 0.2) is 46.5 Å². The van der Waals surface area contributed by atoms with Crippen molar-refractivity contribution in [3.8, 4) is 17.6 Å². The molecule has 2 rings (SSSR count). The van der Waals surface area contributed by atoms with Gasteiger partial charge in [0.15, 0.2) is 0 Å². The molecule has 0 radical (unpaired) electrons. The fourth-order valence-electron chi connectivity index (χ4n) is 1.96. The molecule has 7 nitrogen and oxygen atoms in total. The number of hydrogen-bond acceptors (Lipinski definition) is 4. The number of halogens is 1. The van der Waals surface area contributed by atoms with E-state index >= 15 is 0 Å². The first-order valence-electron chi connectivity index (χ1n) is 7.05. The fourth-order valence-corrected chi connectivity index (χ4v) is 2.22. The second-order valence-corrected chi connectivity index (χ2v) is 5.30. The van der Waals surface area contributed by atoms with E-state index in [-0.39, 0.29) is 23.1 Å². The molecule has 0 saturated carbocycles. The molecule has 1 heterocycles. The molecule has 1 aromatic carbocycles. The summed E-state index contributed by atoms with van der Waals surface area (Å²) in [6, 6.07) is 6.29. The summed E-state index contributed by atoms with van der Waals surface area (Å²) in [7, 11) is 1.27. The van der Waals surface area contributed by atoms with Crippen LogP contribution in [-0.4, -0.2) is 20.1 Å². The maximum absolute atomic E-state index is 12.2. The molecule has 2 N–H and O–H groups in total. The quantitative estimate of drug-likeness (QED) is 0.487. The molecule has 0 aliphatic heterocycles. The highest BCUT2D eigenvalue weighted by Crippen LogP contribution is 2.15. The number of phenolic OH excluding ortho intramolecular Hbond substituents is 1. The second kappa shape index (κ2) is 7.55. The van der Waals surface area contributed by atoms with E-state index in [4.69, 9.17) is 11.6 Å². The number of carbonyl (C=O) groups excluding carboxylic acids is 1. The Morgan fingerprint density at radius 2 is 2.16 bits per heavy atom. The molecular weight excluding hydrogens is 346 g/mol. The van der Waals surface area contributed by atoms with Crippen LogP contribution in [0.1, 0.15) is 5.56 Å². The van der Waals surface area contributed by atoms with Crippen LogP contribution in [0.4, 0.5) is 5.69 Å². The largest absolute Gasteiger partial charge is 0.508 e. The van der Waals surface area contributed by atoms with E-state index in [2.05, 4.69) is 23.7 Å². The highest BCUT2D eigenvalue weighted by Gasteiger charge is 2.16. The van der Waals surface area contributed by atoms with Crippen LogP contribution in [0.25, 0.3) is 0 Å². The van der Waals surface area contributed by atoms with Crippen LogP contribution in [-0.2, 0) is 18.4 Å². The number of hydrogen-bond donors (Lipinski definition) is 2. The van der Waals surface area contributed by atoms with Crippen LogP contribution in [0.3, 0.4) is 0 Å². The Morgan fingerprint density at radius 1 is 1.44 bits per heavy atom. The molecule has 0 aliphatic carbocycles. The Morgan fingerprint density at radius 3 is 2.80 bits per heavy atom. The van der Waals surface area contributed by atoms with Crippen LogP contribution in [0.2, 0.25) is 5.15 Å². The normalized spacial score (nSPS) is 9.84.